The van der Waals surface area contributed by atoms with E-state index in [2.05, 4.69) is 31.1 Å². The molecule has 0 saturated heterocycles. The minimum absolute atomic E-state index is 0.00470. The molecule has 0 fully saturated rings. The van der Waals surface area contributed by atoms with Crippen LogP contribution in [0.25, 0.3) is 11.4 Å². The highest BCUT2D eigenvalue weighted by atomic mass is 79.9. The summed E-state index contributed by atoms with van der Waals surface area (Å²) in [6.45, 7) is 1.81. The van der Waals surface area contributed by atoms with E-state index in [0.717, 1.165) is 21.7 Å². The van der Waals surface area contributed by atoms with Crippen molar-refractivity contribution >= 4 is 22.0 Å². The molecule has 0 unspecified atom stereocenters. The van der Waals surface area contributed by atoms with Crippen LogP contribution in [-0.4, -0.2) is 56.2 Å². The molecule has 7 nitrogen and oxygen atoms in total. The smallest absolute Gasteiger partial charge is 0.319 e. The van der Waals surface area contributed by atoms with Gasteiger partial charge in [-0.25, -0.2) is 4.79 Å². The Morgan fingerprint density at radius 1 is 1.29 bits per heavy atom. The van der Waals surface area contributed by atoms with E-state index in [1.165, 1.54) is 0 Å². The van der Waals surface area contributed by atoms with Crippen molar-refractivity contribution in [2.45, 2.75) is 13.1 Å². The molecular weight excluding hydrogens is 336 g/mol. The minimum Gasteiger partial charge on any atom is -0.331 e. The highest BCUT2D eigenvalue weighted by molar-refractivity contribution is 9.10. The lowest BCUT2D eigenvalue weighted by Crippen LogP contribution is -2.43. The van der Waals surface area contributed by atoms with E-state index in [1.807, 2.05) is 10.6 Å². The molecule has 2 aromatic rings. The number of urea groups is 1. The molecule has 8 heteroatoms. The molecular formula is C13H15BrN6O. The lowest BCUT2D eigenvalue weighted by atomic mass is 10.2. The topological polar surface area (TPSA) is 67.2 Å². The maximum Gasteiger partial charge on any atom is 0.319 e. The lowest BCUT2D eigenvalue weighted by molar-refractivity contribution is 0.156. The summed E-state index contributed by atoms with van der Waals surface area (Å²) in [4.78, 5) is 19.5. The molecule has 0 bridgehead atoms. The number of rotatable bonds is 1. The van der Waals surface area contributed by atoms with Crippen molar-refractivity contribution in [2.24, 2.45) is 0 Å². The van der Waals surface area contributed by atoms with Crippen LogP contribution >= 0.6 is 15.9 Å². The van der Waals surface area contributed by atoms with E-state index in [4.69, 9.17) is 0 Å². The van der Waals surface area contributed by atoms with Crippen molar-refractivity contribution in [2.75, 3.05) is 20.6 Å². The van der Waals surface area contributed by atoms with Gasteiger partial charge in [0.25, 0.3) is 0 Å². The van der Waals surface area contributed by atoms with E-state index >= 15 is 0 Å². The van der Waals surface area contributed by atoms with Crippen molar-refractivity contribution in [1.82, 2.24) is 29.5 Å². The first-order valence-electron chi connectivity index (χ1n) is 6.55. The van der Waals surface area contributed by atoms with Crippen molar-refractivity contribution in [3.05, 3.63) is 28.8 Å². The fraction of sp³-hybridized carbons (Fsp3) is 0.385. The van der Waals surface area contributed by atoms with Crippen LogP contribution in [0.1, 0.15) is 5.82 Å². The molecule has 0 saturated carbocycles. The molecule has 1 aliphatic rings. The van der Waals surface area contributed by atoms with Gasteiger partial charge in [-0.3, -0.25) is 4.98 Å². The highest BCUT2D eigenvalue weighted by Gasteiger charge is 2.25. The summed E-state index contributed by atoms with van der Waals surface area (Å²) in [6.07, 6.45) is 3.49. The minimum atomic E-state index is -0.00470. The molecule has 1 aliphatic heterocycles. The van der Waals surface area contributed by atoms with Crippen LogP contribution in [-0.2, 0) is 13.1 Å². The lowest BCUT2D eigenvalue weighted by Gasteiger charge is -2.30. The Labute approximate surface area is 130 Å². The molecule has 0 aromatic carbocycles. The van der Waals surface area contributed by atoms with Crippen molar-refractivity contribution in [3.63, 3.8) is 0 Å². The van der Waals surface area contributed by atoms with Gasteiger partial charge in [0.05, 0.1) is 6.54 Å². The average molecular weight is 351 g/mol. The molecule has 0 aliphatic carbocycles. The van der Waals surface area contributed by atoms with Crippen LogP contribution in [0.3, 0.4) is 0 Å². The third-order valence-corrected chi connectivity index (χ3v) is 3.80. The number of halogens is 1. The molecule has 0 radical (unpaired) electrons. The third-order valence-electron chi connectivity index (χ3n) is 3.37. The van der Waals surface area contributed by atoms with Gasteiger partial charge in [-0.05, 0) is 22.0 Å². The third kappa shape index (κ3) is 2.63. The second-order valence-corrected chi connectivity index (χ2v) is 6.00. The first kappa shape index (κ1) is 14.0. The van der Waals surface area contributed by atoms with Crippen LogP contribution in [0.4, 0.5) is 4.79 Å². The zero-order valence-corrected chi connectivity index (χ0v) is 13.4. The Bertz CT molecular complexity index is 683. The quantitative estimate of drug-likeness (QED) is 0.783. The van der Waals surface area contributed by atoms with Crippen LogP contribution in [0.2, 0.25) is 0 Å². The molecule has 0 spiro atoms. The maximum atomic E-state index is 12.0. The number of hydrogen-bond donors (Lipinski definition) is 0. The Balaban J connectivity index is 1.89. The molecule has 2 amide bonds. The second-order valence-electron chi connectivity index (χ2n) is 5.08. The van der Waals surface area contributed by atoms with Gasteiger partial charge in [0.15, 0.2) is 11.6 Å². The Morgan fingerprint density at radius 2 is 2.10 bits per heavy atom. The summed E-state index contributed by atoms with van der Waals surface area (Å²) in [6, 6.07) is 1.96. The van der Waals surface area contributed by atoms with Gasteiger partial charge in [0, 0.05) is 49.6 Å². The number of carbonyl (C=O) groups is 1. The molecule has 21 heavy (non-hydrogen) atoms. The van der Waals surface area contributed by atoms with Crippen LogP contribution in [0.15, 0.2) is 22.9 Å². The predicted molar refractivity (Wildman–Crippen MR) is 80.4 cm³/mol. The number of carbonyl (C=O) groups excluding carboxylic acids is 1. The van der Waals surface area contributed by atoms with E-state index in [0.29, 0.717) is 19.6 Å². The number of nitrogens with zero attached hydrogens (tertiary/aromatic N) is 6. The Morgan fingerprint density at radius 3 is 2.81 bits per heavy atom. The standard InChI is InChI=1S/C13H15BrN6O/c1-18(2)13(21)19-3-4-20-11(8-19)16-17-12(20)9-5-10(14)7-15-6-9/h5-7H,3-4,8H2,1-2H3. The molecule has 3 rings (SSSR count). The molecule has 2 aromatic heterocycles. The number of fused-ring (bicyclic) bond motifs is 1. The number of amides is 2. The van der Waals surface area contributed by atoms with Crippen molar-refractivity contribution < 1.29 is 4.79 Å². The van der Waals surface area contributed by atoms with Crippen LogP contribution in [0.5, 0.6) is 0 Å². The summed E-state index contributed by atoms with van der Waals surface area (Å²) in [5.41, 5.74) is 0.913. The average Bonchev–Trinajstić information content (AvgIpc) is 2.89. The molecule has 0 atom stereocenters. The SMILES string of the molecule is CN(C)C(=O)N1CCn2c(nnc2-c2cncc(Br)c2)C1. The van der Waals surface area contributed by atoms with Gasteiger partial charge in [-0.1, -0.05) is 0 Å². The van der Waals surface area contributed by atoms with Gasteiger partial charge >= 0.3 is 6.03 Å². The van der Waals surface area contributed by atoms with Gasteiger partial charge < -0.3 is 14.4 Å². The molecule has 0 N–H and O–H groups in total. The van der Waals surface area contributed by atoms with E-state index in [1.54, 1.807) is 36.3 Å². The summed E-state index contributed by atoms with van der Waals surface area (Å²) in [7, 11) is 3.50. The van der Waals surface area contributed by atoms with Crippen LogP contribution < -0.4 is 0 Å². The Hall–Kier alpha value is -1.96. The predicted octanol–water partition coefficient (Wildman–Crippen LogP) is 1.60. The molecule has 110 valence electrons. The maximum absolute atomic E-state index is 12.0. The zero-order chi connectivity index (χ0) is 15.0. The van der Waals surface area contributed by atoms with Gasteiger partial charge in [0.1, 0.15) is 0 Å². The summed E-state index contributed by atoms with van der Waals surface area (Å²) in [5.74, 6) is 1.59. The van der Waals surface area contributed by atoms with Gasteiger partial charge in [0.2, 0.25) is 0 Å². The van der Waals surface area contributed by atoms with Gasteiger partial charge in [-0.15, -0.1) is 10.2 Å². The van der Waals surface area contributed by atoms with E-state index in [-0.39, 0.29) is 6.03 Å². The zero-order valence-electron chi connectivity index (χ0n) is 11.8. The summed E-state index contributed by atoms with van der Waals surface area (Å²) >= 11 is 3.41. The largest absolute Gasteiger partial charge is 0.331 e. The number of aromatic nitrogens is 4. The fourth-order valence-corrected chi connectivity index (χ4v) is 2.72. The van der Waals surface area contributed by atoms with Gasteiger partial charge in [-0.2, -0.15) is 0 Å². The number of hydrogen-bond acceptors (Lipinski definition) is 4. The summed E-state index contributed by atoms with van der Waals surface area (Å²) in [5, 5.41) is 8.46. The van der Waals surface area contributed by atoms with E-state index in [9.17, 15) is 4.79 Å². The monoisotopic (exact) mass is 350 g/mol. The summed E-state index contributed by atoms with van der Waals surface area (Å²) < 4.78 is 2.95. The highest BCUT2D eigenvalue weighted by Crippen LogP contribution is 2.23. The second kappa shape index (κ2) is 5.44. The first-order valence-corrected chi connectivity index (χ1v) is 7.35. The first-order chi connectivity index (χ1) is 10.1. The van der Waals surface area contributed by atoms with Crippen molar-refractivity contribution in [3.8, 4) is 11.4 Å². The fourth-order valence-electron chi connectivity index (χ4n) is 2.35. The number of pyridine rings is 1. The molecule has 3 heterocycles. The van der Waals surface area contributed by atoms with E-state index < -0.39 is 0 Å². The van der Waals surface area contributed by atoms with Crippen molar-refractivity contribution in [1.29, 1.82) is 0 Å². The Kier molecular flexibility index (Phi) is 3.62. The normalized spacial score (nSPS) is 14.0. The van der Waals surface area contributed by atoms with Crippen LogP contribution in [0, 0.1) is 0 Å².